The van der Waals surface area contributed by atoms with Gasteiger partial charge in [-0.1, -0.05) is 30.3 Å². The first-order valence-electron chi connectivity index (χ1n) is 10.6. The number of amides is 1. The number of carbonyl (C=O) groups excluding carboxylic acids is 2. The highest BCUT2D eigenvalue weighted by molar-refractivity contribution is 7.99. The average molecular weight is 477 g/mol. The van der Waals surface area contributed by atoms with Crippen molar-refractivity contribution in [2.45, 2.75) is 37.1 Å². The lowest BCUT2D eigenvalue weighted by atomic mass is 10.0. The van der Waals surface area contributed by atoms with Crippen LogP contribution in [0.4, 0.5) is 0 Å². The summed E-state index contributed by atoms with van der Waals surface area (Å²) in [5, 5.41) is 16.5. The van der Waals surface area contributed by atoms with Crippen LogP contribution >= 0.6 is 23.1 Å². The van der Waals surface area contributed by atoms with Crippen molar-refractivity contribution < 1.29 is 24.2 Å². The number of carbonyl (C=O) groups is 3. The maximum atomic E-state index is 13.2. The van der Waals surface area contributed by atoms with Gasteiger partial charge in [0.2, 0.25) is 5.91 Å². The van der Waals surface area contributed by atoms with Crippen LogP contribution in [0.15, 0.2) is 47.2 Å². The van der Waals surface area contributed by atoms with Gasteiger partial charge >= 0.3 is 11.9 Å². The van der Waals surface area contributed by atoms with Gasteiger partial charge in [0.1, 0.15) is 12.6 Å². The van der Waals surface area contributed by atoms with E-state index in [0.29, 0.717) is 25.1 Å². The molecule has 9 heteroatoms. The van der Waals surface area contributed by atoms with Gasteiger partial charge in [0.05, 0.1) is 12.6 Å². The molecule has 1 saturated heterocycles. The molecule has 1 aromatic carbocycles. The Labute approximate surface area is 196 Å². The molecule has 0 aliphatic carbocycles. The number of nitrogens with zero attached hydrogens (tertiary/aromatic N) is 1. The van der Waals surface area contributed by atoms with Crippen molar-refractivity contribution in [3.63, 3.8) is 0 Å². The summed E-state index contributed by atoms with van der Waals surface area (Å²) in [6, 6.07) is 10.5. The SMILES string of the molecule is CCOC(=O)[C@@H](CCc1ccccc1)NC1CSC(c2ccsc2)CN(CC(=O)O)C1=O. The van der Waals surface area contributed by atoms with Gasteiger partial charge in [-0.3, -0.25) is 19.7 Å². The number of benzene rings is 1. The van der Waals surface area contributed by atoms with E-state index in [0.717, 1.165) is 11.1 Å². The summed E-state index contributed by atoms with van der Waals surface area (Å²) in [5.41, 5.74) is 2.17. The number of esters is 1. The van der Waals surface area contributed by atoms with Crippen molar-refractivity contribution in [3.05, 3.63) is 58.3 Å². The monoisotopic (exact) mass is 476 g/mol. The molecule has 0 bridgehead atoms. The molecule has 0 spiro atoms. The summed E-state index contributed by atoms with van der Waals surface area (Å²) in [6.07, 6.45) is 1.13. The van der Waals surface area contributed by atoms with Crippen LogP contribution in [0.1, 0.15) is 29.7 Å². The number of thioether (sulfide) groups is 1. The minimum atomic E-state index is -1.06. The third kappa shape index (κ3) is 6.82. The minimum Gasteiger partial charge on any atom is -0.480 e. The molecule has 0 radical (unpaired) electrons. The van der Waals surface area contributed by atoms with E-state index in [-0.39, 0.29) is 24.3 Å². The van der Waals surface area contributed by atoms with E-state index >= 15 is 0 Å². The van der Waals surface area contributed by atoms with E-state index in [9.17, 15) is 19.5 Å². The van der Waals surface area contributed by atoms with Crippen LogP contribution in [0.25, 0.3) is 0 Å². The lowest BCUT2D eigenvalue weighted by Gasteiger charge is -2.26. The second kappa shape index (κ2) is 12.0. The van der Waals surface area contributed by atoms with Gasteiger partial charge in [-0.25, -0.2) is 0 Å². The highest BCUT2D eigenvalue weighted by Crippen LogP contribution is 2.34. The minimum absolute atomic E-state index is 0.0123. The van der Waals surface area contributed by atoms with Crippen molar-refractivity contribution in [2.24, 2.45) is 0 Å². The molecule has 1 amide bonds. The first-order chi connectivity index (χ1) is 15.5. The predicted octanol–water partition coefficient (Wildman–Crippen LogP) is 2.97. The average Bonchev–Trinajstić information content (AvgIpc) is 3.27. The Kier molecular flexibility index (Phi) is 9.13. The number of rotatable bonds is 10. The van der Waals surface area contributed by atoms with Crippen molar-refractivity contribution in [2.75, 3.05) is 25.4 Å². The molecule has 172 valence electrons. The number of ether oxygens (including phenoxy) is 1. The van der Waals surface area contributed by atoms with Crippen molar-refractivity contribution in [3.8, 4) is 0 Å². The zero-order valence-electron chi connectivity index (χ0n) is 17.9. The van der Waals surface area contributed by atoms with Gasteiger partial charge in [-0.15, -0.1) is 11.8 Å². The van der Waals surface area contributed by atoms with Crippen LogP contribution in [0.2, 0.25) is 0 Å². The van der Waals surface area contributed by atoms with Gasteiger partial charge in [0.15, 0.2) is 0 Å². The third-order valence-electron chi connectivity index (χ3n) is 5.24. The Hall–Kier alpha value is -2.36. The molecule has 7 nitrogen and oxygen atoms in total. The maximum Gasteiger partial charge on any atom is 0.323 e. The molecule has 2 aromatic rings. The standard InChI is InChI=1S/C23H28N2O5S2/c1-2-30-23(29)18(9-8-16-6-4-3-5-7-16)24-19-15-32-20(17-10-11-31-14-17)12-25(22(19)28)13-21(26)27/h3-7,10-11,14,18-20,24H,2,8-9,12-13,15H2,1H3,(H,26,27)/t18-,19?,20?/m1/s1. The van der Waals surface area contributed by atoms with Crippen molar-refractivity contribution in [1.82, 2.24) is 10.2 Å². The van der Waals surface area contributed by atoms with Crippen molar-refractivity contribution in [1.29, 1.82) is 0 Å². The third-order valence-corrected chi connectivity index (χ3v) is 7.29. The highest BCUT2D eigenvalue weighted by Gasteiger charge is 2.35. The number of aryl methyl sites for hydroxylation is 1. The highest BCUT2D eigenvalue weighted by atomic mass is 32.2. The van der Waals surface area contributed by atoms with Crippen molar-refractivity contribution >= 4 is 40.9 Å². The van der Waals surface area contributed by atoms with E-state index < -0.39 is 24.0 Å². The number of thiophene rings is 1. The first-order valence-corrected chi connectivity index (χ1v) is 12.6. The lowest BCUT2D eigenvalue weighted by molar-refractivity contribution is -0.148. The molecule has 2 unspecified atom stereocenters. The number of hydrogen-bond donors (Lipinski definition) is 2. The van der Waals surface area contributed by atoms with Gasteiger partial charge < -0.3 is 14.7 Å². The Bertz CT molecular complexity index is 891. The van der Waals surface area contributed by atoms with Crippen LogP contribution < -0.4 is 5.32 Å². The summed E-state index contributed by atoms with van der Waals surface area (Å²) in [4.78, 5) is 38.6. The second-order valence-corrected chi connectivity index (χ2v) is 9.56. The molecule has 1 aliphatic heterocycles. The molecule has 32 heavy (non-hydrogen) atoms. The fourth-order valence-corrected chi connectivity index (χ4v) is 5.73. The van der Waals surface area contributed by atoms with Gasteiger partial charge in [-0.05, 0) is 47.7 Å². The van der Waals surface area contributed by atoms with E-state index in [1.165, 1.54) is 4.90 Å². The van der Waals surface area contributed by atoms with Crippen LogP contribution in [-0.2, 0) is 25.5 Å². The molecule has 0 saturated carbocycles. The molecular weight excluding hydrogens is 448 g/mol. The Morgan fingerprint density at radius 3 is 2.72 bits per heavy atom. The molecule has 1 aliphatic rings. The van der Waals surface area contributed by atoms with E-state index in [1.807, 2.05) is 47.2 Å². The number of carboxylic acid groups (broad SMARTS) is 1. The molecule has 2 heterocycles. The summed E-state index contributed by atoms with van der Waals surface area (Å²) >= 11 is 3.17. The zero-order valence-corrected chi connectivity index (χ0v) is 19.6. The molecule has 1 fully saturated rings. The van der Waals surface area contributed by atoms with E-state index in [4.69, 9.17) is 4.74 Å². The first kappa shape index (κ1) is 24.3. The number of carboxylic acids is 1. The normalized spacial score (nSPS) is 19.9. The van der Waals surface area contributed by atoms with Crippen LogP contribution in [0, 0.1) is 0 Å². The van der Waals surface area contributed by atoms with Gasteiger partial charge in [0.25, 0.3) is 0 Å². The summed E-state index contributed by atoms with van der Waals surface area (Å²) in [6.45, 7) is 1.95. The largest absolute Gasteiger partial charge is 0.480 e. The smallest absolute Gasteiger partial charge is 0.323 e. The molecule has 3 atom stereocenters. The molecule has 3 rings (SSSR count). The fourth-order valence-electron chi connectivity index (χ4n) is 3.64. The molecular formula is C23H28N2O5S2. The second-order valence-electron chi connectivity index (χ2n) is 7.54. The molecule has 2 N–H and O–H groups in total. The lowest BCUT2D eigenvalue weighted by Crippen LogP contribution is -2.53. The number of nitrogens with one attached hydrogen (secondary N) is 1. The van der Waals surface area contributed by atoms with Crippen LogP contribution in [0.5, 0.6) is 0 Å². The number of aliphatic carboxylic acids is 1. The van der Waals surface area contributed by atoms with Gasteiger partial charge in [0, 0.05) is 17.5 Å². The quantitative estimate of drug-likeness (QED) is 0.509. The predicted molar refractivity (Wildman–Crippen MR) is 126 cm³/mol. The summed E-state index contributed by atoms with van der Waals surface area (Å²) < 4.78 is 5.25. The zero-order chi connectivity index (χ0) is 22.9. The summed E-state index contributed by atoms with van der Waals surface area (Å²) in [5.74, 6) is -1.31. The molecule has 1 aromatic heterocycles. The topological polar surface area (TPSA) is 95.9 Å². The van der Waals surface area contributed by atoms with Crippen LogP contribution in [0.3, 0.4) is 0 Å². The van der Waals surface area contributed by atoms with Gasteiger partial charge in [-0.2, -0.15) is 11.3 Å². The fraction of sp³-hybridized carbons (Fsp3) is 0.435. The van der Waals surface area contributed by atoms with E-state index in [1.54, 1.807) is 30.0 Å². The Morgan fingerprint density at radius 2 is 2.06 bits per heavy atom. The number of hydrogen-bond acceptors (Lipinski definition) is 7. The van der Waals surface area contributed by atoms with Crippen LogP contribution in [-0.4, -0.2) is 65.4 Å². The summed E-state index contributed by atoms with van der Waals surface area (Å²) in [7, 11) is 0. The Balaban J connectivity index is 1.75. The maximum absolute atomic E-state index is 13.2. The Morgan fingerprint density at radius 1 is 1.28 bits per heavy atom. The van der Waals surface area contributed by atoms with E-state index in [2.05, 4.69) is 5.32 Å².